The molecule has 0 bridgehead atoms. The van der Waals surface area contributed by atoms with Crippen LogP contribution in [0.4, 0.5) is 13.2 Å². The number of aromatic nitrogens is 2. The van der Waals surface area contributed by atoms with E-state index in [4.69, 9.17) is 0 Å². The Labute approximate surface area is 104 Å². The van der Waals surface area contributed by atoms with E-state index in [1.807, 2.05) is 17.5 Å². The quantitative estimate of drug-likeness (QED) is 0.903. The van der Waals surface area contributed by atoms with Gasteiger partial charge in [0.15, 0.2) is 5.69 Å². The van der Waals surface area contributed by atoms with Gasteiger partial charge < -0.3 is 5.32 Å². The number of H-pyrrole nitrogens is 1. The molecule has 4 nitrogen and oxygen atoms in total. The summed E-state index contributed by atoms with van der Waals surface area (Å²) in [5.41, 5.74) is 0.532. The number of carbonyl (C=O) groups is 1. The highest BCUT2D eigenvalue weighted by atomic mass is 32.1. The molecule has 0 saturated carbocycles. The molecule has 2 heterocycles. The number of alkyl halides is 3. The standard InChI is InChI=1S/C10H8F3N3OS/c11-10(12,13)5-14-9(17)7-4-6(15-16-7)8-2-1-3-18-8/h1-4H,5H2,(H,14,17)(H,15,16). The van der Waals surface area contributed by atoms with Crippen molar-refractivity contribution in [3.8, 4) is 10.6 Å². The molecule has 0 aliphatic rings. The molecule has 2 N–H and O–H groups in total. The monoisotopic (exact) mass is 275 g/mol. The van der Waals surface area contributed by atoms with Crippen molar-refractivity contribution in [2.45, 2.75) is 6.18 Å². The number of nitrogens with zero attached hydrogens (tertiary/aromatic N) is 1. The lowest BCUT2D eigenvalue weighted by molar-refractivity contribution is -0.123. The number of rotatable bonds is 3. The molecule has 0 radical (unpaired) electrons. The van der Waals surface area contributed by atoms with E-state index in [0.29, 0.717) is 5.69 Å². The number of carbonyl (C=O) groups excluding carboxylic acids is 1. The summed E-state index contributed by atoms with van der Waals surface area (Å²) in [4.78, 5) is 12.2. The summed E-state index contributed by atoms with van der Waals surface area (Å²) in [5, 5.41) is 9.88. The second kappa shape index (κ2) is 4.81. The van der Waals surface area contributed by atoms with Crippen LogP contribution in [0.2, 0.25) is 0 Å². The Hall–Kier alpha value is -1.83. The van der Waals surface area contributed by atoms with Gasteiger partial charge in [-0.25, -0.2) is 0 Å². The van der Waals surface area contributed by atoms with Crippen LogP contribution < -0.4 is 5.32 Å². The Bertz CT molecular complexity index is 533. The first kappa shape index (κ1) is 12.6. The minimum Gasteiger partial charge on any atom is -0.342 e. The maximum atomic E-state index is 11.9. The Morgan fingerprint density at radius 3 is 2.89 bits per heavy atom. The summed E-state index contributed by atoms with van der Waals surface area (Å²) in [5.74, 6) is -0.855. The van der Waals surface area contributed by atoms with Crippen molar-refractivity contribution >= 4 is 17.2 Å². The SMILES string of the molecule is O=C(NCC(F)(F)F)c1cc(-c2cccs2)[nH]n1. The minimum absolute atomic E-state index is 0.0670. The van der Waals surface area contributed by atoms with E-state index < -0.39 is 18.6 Å². The fraction of sp³-hybridized carbons (Fsp3) is 0.200. The zero-order valence-corrected chi connectivity index (χ0v) is 9.73. The zero-order chi connectivity index (χ0) is 13.2. The van der Waals surface area contributed by atoms with Gasteiger partial charge in [-0.15, -0.1) is 11.3 Å². The minimum atomic E-state index is -4.43. The largest absolute Gasteiger partial charge is 0.405 e. The van der Waals surface area contributed by atoms with Gasteiger partial charge in [-0.2, -0.15) is 18.3 Å². The van der Waals surface area contributed by atoms with E-state index in [0.717, 1.165) is 4.88 Å². The number of nitrogens with one attached hydrogen (secondary N) is 2. The van der Waals surface area contributed by atoms with Crippen molar-refractivity contribution in [3.05, 3.63) is 29.3 Å². The molecule has 0 aromatic carbocycles. The van der Waals surface area contributed by atoms with Gasteiger partial charge in [0, 0.05) is 0 Å². The van der Waals surface area contributed by atoms with E-state index in [1.165, 1.54) is 17.4 Å². The molecule has 2 rings (SSSR count). The zero-order valence-electron chi connectivity index (χ0n) is 8.91. The van der Waals surface area contributed by atoms with Gasteiger partial charge >= 0.3 is 6.18 Å². The molecule has 0 unspecified atom stereocenters. The number of halogens is 3. The molecule has 8 heteroatoms. The Kier molecular flexibility index (Phi) is 3.37. The highest BCUT2D eigenvalue weighted by Gasteiger charge is 2.28. The topological polar surface area (TPSA) is 57.8 Å². The third kappa shape index (κ3) is 3.10. The summed E-state index contributed by atoms with van der Waals surface area (Å²) in [6.07, 6.45) is -4.43. The molecule has 1 amide bonds. The maximum Gasteiger partial charge on any atom is 0.405 e. The summed E-state index contributed by atoms with van der Waals surface area (Å²) in [6.45, 7) is -1.37. The first-order valence-electron chi connectivity index (χ1n) is 4.90. The molecule has 0 spiro atoms. The van der Waals surface area contributed by atoms with Crippen molar-refractivity contribution in [2.75, 3.05) is 6.54 Å². The molecule has 0 aliphatic heterocycles. The molecule has 96 valence electrons. The average Bonchev–Trinajstić information content (AvgIpc) is 2.94. The summed E-state index contributed by atoms with van der Waals surface area (Å²) >= 11 is 1.44. The molecule has 2 aromatic heterocycles. The first-order valence-corrected chi connectivity index (χ1v) is 5.78. The normalized spacial score (nSPS) is 11.5. The molecule has 18 heavy (non-hydrogen) atoms. The number of amides is 1. The van der Waals surface area contributed by atoms with Gasteiger partial charge in [0.05, 0.1) is 10.6 Å². The highest BCUT2D eigenvalue weighted by Crippen LogP contribution is 2.22. The van der Waals surface area contributed by atoms with Crippen LogP contribution in [-0.2, 0) is 0 Å². The van der Waals surface area contributed by atoms with Crippen LogP contribution in [0.25, 0.3) is 10.6 Å². The van der Waals surface area contributed by atoms with Gasteiger partial charge in [0.25, 0.3) is 5.91 Å². The van der Waals surface area contributed by atoms with E-state index >= 15 is 0 Å². The van der Waals surface area contributed by atoms with E-state index in [1.54, 1.807) is 5.32 Å². The highest BCUT2D eigenvalue weighted by molar-refractivity contribution is 7.13. The van der Waals surface area contributed by atoms with Crippen LogP contribution in [-0.4, -0.2) is 28.8 Å². The smallest absolute Gasteiger partial charge is 0.342 e. The summed E-state index contributed by atoms with van der Waals surface area (Å²) < 4.78 is 35.8. The Balaban J connectivity index is 2.04. The van der Waals surface area contributed by atoms with E-state index in [2.05, 4.69) is 10.2 Å². The van der Waals surface area contributed by atoms with Crippen LogP contribution in [0.3, 0.4) is 0 Å². The van der Waals surface area contributed by atoms with Crippen LogP contribution in [0.5, 0.6) is 0 Å². The molecule has 0 atom stereocenters. The van der Waals surface area contributed by atoms with Gasteiger partial charge in [-0.05, 0) is 17.5 Å². The van der Waals surface area contributed by atoms with Crippen molar-refractivity contribution in [1.29, 1.82) is 0 Å². The van der Waals surface area contributed by atoms with Crippen LogP contribution in [0.1, 0.15) is 10.5 Å². The van der Waals surface area contributed by atoms with Crippen LogP contribution in [0.15, 0.2) is 23.6 Å². The first-order chi connectivity index (χ1) is 8.46. The fourth-order valence-electron chi connectivity index (χ4n) is 1.27. The van der Waals surface area contributed by atoms with Crippen molar-refractivity contribution in [2.24, 2.45) is 0 Å². The van der Waals surface area contributed by atoms with Crippen molar-refractivity contribution < 1.29 is 18.0 Å². The Morgan fingerprint density at radius 1 is 1.50 bits per heavy atom. The molecule has 0 saturated heterocycles. The number of hydrogen-bond donors (Lipinski definition) is 2. The molecule has 2 aromatic rings. The Morgan fingerprint density at radius 2 is 2.28 bits per heavy atom. The lowest BCUT2D eigenvalue weighted by Gasteiger charge is -2.06. The van der Waals surface area contributed by atoms with Gasteiger partial charge in [0.1, 0.15) is 6.54 Å². The van der Waals surface area contributed by atoms with Crippen molar-refractivity contribution in [1.82, 2.24) is 15.5 Å². The van der Waals surface area contributed by atoms with Gasteiger partial charge in [0.2, 0.25) is 0 Å². The van der Waals surface area contributed by atoms with E-state index in [9.17, 15) is 18.0 Å². The van der Waals surface area contributed by atoms with E-state index in [-0.39, 0.29) is 5.69 Å². The van der Waals surface area contributed by atoms with Gasteiger partial charge in [-0.3, -0.25) is 9.89 Å². The summed E-state index contributed by atoms with van der Waals surface area (Å²) in [6, 6.07) is 5.05. The molecule has 0 fully saturated rings. The van der Waals surface area contributed by atoms with Crippen LogP contribution in [0, 0.1) is 0 Å². The van der Waals surface area contributed by atoms with Crippen LogP contribution >= 0.6 is 11.3 Å². The molecular formula is C10H8F3N3OS. The maximum absolute atomic E-state index is 11.9. The molecule has 0 aliphatic carbocycles. The second-order valence-corrected chi connectivity index (χ2v) is 4.39. The third-order valence-corrected chi connectivity index (χ3v) is 2.95. The second-order valence-electron chi connectivity index (χ2n) is 3.44. The number of aromatic amines is 1. The fourth-order valence-corrected chi connectivity index (χ4v) is 1.96. The molecular weight excluding hydrogens is 267 g/mol. The predicted octanol–water partition coefficient (Wildman–Crippen LogP) is 2.43. The number of thiophene rings is 1. The average molecular weight is 275 g/mol. The summed E-state index contributed by atoms with van der Waals surface area (Å²) in [7, 11) is 0. The number of hydrogen-bond acceptors (Lipinski definition) is 3. The lowest BCUT2D eigenvalue weighted by atomic mass is 10.3. The third-order valence-electron chi connectivity index (χ3n) is 2.05. The van der Waals surface area contributed by atoms with Gasteiger partial charge in [-0.1, -0.05) is 6.07 Å². The van der Waals surface area contributed by atoms with Crippen molar-refractivity contribution in [3.63, 3.8) is 0 Å². The predicted molar refractivity (Wildman–Crippen MR) is 60.3 cm³/mol. The lowest BCUT2D eigenvalue weighted by Crippen LogP contribution is -2.33.